The maximum Gasteiger partial charge on any atom is 0.258 e. The fourth-order valence-corrected chi connectivity index (χ4v) is 4.06. The molecule has 1 aliphatic rings. The van der Waals surface area contributed by atoms with Gasteiger partial charge in [-0.3, -0.25) is 19.4 Å². The zero-order valence-corrected chi connectivity index (χ0v) is 18.8. The minimum atomic E-state index is -1.02. The number of anilines is 4. The second kappa shape index (κ2) is 8.82. The van der Waals surface area contributed by atoms with Crippen LogP contribution in [-0.2, 0) is 9.59 Å². The lowest BCUT2D eigenvalue weighted by Crippen LogP contribution is -2.36. The zero-order chi connectivity index (χ0) is 23.0. The van der Waals surface area contributed by atoms with Crippen LogP contribution < -0.4 is 21.5 Å². The molecular formula is C21H16Cl3N5O3. The smallest absolute Gasteiger partial charge is 0.258 e. The molecule has 11 heteroatoms. The van der Waals surface area contributed by atoms with Crippen LogP contribution in [0.3, 0.4) is 0 Å². The minimum Gasteiger partial charge on any atom is -0.326 e. The van der Waals surface area contributed by atoms with Crippen LogP contribution in [-0.4, -0.2) is 21.8 Å². The molecule has 0 saturated carbocycles. The van der Waals surface area contributed by atoms with E-state index in [0.29, 0.717) is 26.4 Å². The number of aromatic amines is 1. The van der Waals surface area contributed by atoms with E-state index in [-0.39, 0.29) is 23.8 Å². The number of carbonyl (C=O) groups is 2. The molecule has 3 aromatic rings. The normalized spacial score (nSPS) is 15.0. The first kappa shape index (κ1) is 22.1. The highest BCUT2D eigenvalue weighted by Crippen LogP contribution is 2.31. The van der Waals surface area contributed by atoms with Crippen molar-refractivity contribution in [2.75, 3.05) is 16.0 Å². The molecule has 0 bridgehead atoms. The summed E-state index contributed by atoms with van der Waals surface area (Å²) in [6.07, 6.45) is -0.195. The number of amides is 2. The summed E-state index contributed by atoms with van der Waals surface area (Å²) in [7, 11) is 0. The standard InChI is InChI=1S/C21H16Cl3N5O3/c1-9-2-3-10(22)7-15(9)26-19(31)14-8-16(30)27-18-17(14)20(32)29-21(28-18)25-13-5-11(23)4-12(24)6-13/h2-7,14H,8H2,1H3,(H,26,31)(H3,25,27,28,29,30,32). The first-order valence-electron chi connectivity index (χ1n) is 9.44. The highest BCUT2D eigenvalue weighted by Gasteiger charge is 2.35. The van der Waals surface area contributed by atoms with Gasteiger partial charge in [0, 0.05) is 32.9 Å². The number of aromatic nitrogens is 2. The van der Waals surface area contributed by atoms with Gasteiger partial charge in [0.1, 0.15) is 5.82 Å². The second-order valence-electron chi connectivity index (χ2n) is 7.21. The molecule has 2 aromatic carbocycles. The Morgan fingerprint density at radius 3 is 2.50 bits per heavy atom. The van der Waals surface area contributed by atoms with Crippen molar-refractivity contribution in [3.8, 4) is 0 Å². The van der Waals surface area contributed by atoms with Crippen molar-refractivity contribution in [2.24, 2.45) is 0 Å². The van der Waals surface area contributed by atoms with E-state index in [4.69, 9.17) is 34.8 Å². The average molecular weight is 493 g/mol. The summed E-state index contributed by atoms with van der Waals surface area (Å²) >= 11 is 18.0. The molecule has 0 radical (unpaired) electrons. The molecule has 2 heterocycles. The van der Waals surface area contributed by atoms with Crippen LogP contribution in [0.2, 0.25) is 15.1 Å². The van der Waals surface area contributed by atoms with Crippen LogP contribution in [0.25, 0.3) is 0 Å². The lowest BCUT2D eigenvalue weighted by Gasteiger charge is -2.24. The maximum atomic E-state index is 13.0. The highest BCUT2D eigenvalue weighted by atomic mass is 35.5. The molecule has 1 unspecified atom stereocenters. The molecule has 0 saturated heterocycles. The summed E-state index contributed by atoms with van der Waals surface area (Å²) in [5.41, 5.74) is 1.27. The van der Waals surface area contributed by atoms with Gasteiger partial charge in [-0.25, -0.2) is 0 Å². The Kier molecular flexibility index (Phi) is 6.10. The van der Waals surface area contributed by atoms with E-state index in [0.717, 1.165) is 5.56 Å². The summed E-state index contributed by atoms with van der Waals surface area (Å²) in [6, 6.07) is 9.80. The van der Waals surface area contributed by atoms with Gasteiger partial charge < -0.3 is 16.0 Å². The fraction of sp³-hybridized carbons (Fsp3) is 0.143. The van der Waals surface area contributed by atoms with Gasteiger partial charge in [-0.1, -0.05) is 40.9 Å². The minimum absolute atomic E-state index is 0.00333. The van der Waals surface area contributed by atoms with Crippen LogP contribution in [0.4, 0.5) is 23.1 Å². The number of benzene rings is 2. The van der Waals surface area contributed by atoms with E-state index in [1.165, 1.54) is 0 Å². The SMILES string of the molecule is Cc1ccc(Cl)cc1NC(=O)C1CC(=O)Nc2nc(Nc3cc(Cl)cc(Cl)c3)[nH]c(=O)c21. The maximum absolute atomic E-state index is 13.0. The summed E-state index contributed by atoms with van der Waals surface area (Å²) in [5.74, 6) is -1.91. The summed E-state index contributed by atoms with van der Waals surface area (Å²) in [4.78, 5) is 45.0. The largest absolute Gasteiger partial charge is 0.326 e. The molecule has 1 aromatic heterocycles. The summed E-state index contributed by atoms with van der Waals surface area (Å²) < 4.78 is 0. The van der Waals surface area contributed by atoms with Gasteiger partial charge in [0.05, 0.1) is 11.5 Å². The number of halogens is 3. The lowest BCUT2D eigenvalue weighted by atomic mass is 9.92. The first-order chi connectivity index (χ1) is 15.2. The van der Waals surface area contributed by atoms with Gasteiger partial charge in [-0.15, -0.1) is 0 Å². The molecule has 164 valence electrons. The Morgan fingerprint density at radius 1 is 1.06 bits per heavy atom. The van der Waals surface area contributed by atoms with Crippen molar-refractivity contribution in [1.82, 2.24) is 9.97 Å². The molecule has 32 heavy (non-hydrogen) atoms. The summed E-state index contributed by atoms with van der Waals surface area (Å²) in [5, 5.41) is 9.42. The van der Waals surface area contributed by atoms with Crippen LogP contribution in [0.1, 0.15) is 23.5 Å². The van der Waals surface area contributed by atoms with Gasteiger partial charge in [-0.05, 0) is 42.8 Å². The Balaban J connectivity index is 1.66. The molecule has 8 nitrogen and oxygen atoms in total. The fourth-order valence-electron chi connectivity index (χ4n) is 3.37. The number of H-pyrrole nitrogens is 1. The van der Waals surface area contributed by atoms with E-state index in [2.05, 4.69) is 25.9 Å². The van der Waals surface area contributed by atoms with Crippen molar-refractivity contribution in [3.63, 3.8) is 0 Å². The third-order valence-corrected chi connectivity index (χ3v) is 5.52. The van der Waals surface area contributed by atoms with Gasteiger partial charge >= 0.3 is 0 Å². The molecule has 2 amide bonds. The number of nitrogens with one attached hydrogen (secondary N) is 4. The topological polar surface area (TPSA) is 116 Å². The monoisotopic (exact) mass is 491 g/mol. The van der Waals surface area contributed by atoms with Gasteiger partial charge in [-0.2, -0.15) is 4.98 Å². The van der Waals surface area contributed by atoms with Crippen LogP contribution in [0, 0.1) is 6.92 Å². The Hall–Kier alpha value is -3.07. The molecule has 1 aliphatic heterocycles. The number of nitrogens with zero attached hydrogens (tertiary/aromatic N) is 1. The Bertz CT molecular complexity index is 1290. The number of hydrogen-bond donors (Lipinski definition) is 4. The van der Waals surface area contributed by atoms with Crippen molar-refractivity contribution in [1.29, 1.82) is 0 Å². The van der Waals surface area contributed by atoms with E-state index >= 15 is 0 Å². The Labute approximate surface area is 197 Å². The summed E-state index contributed by atoms with van der Waals surface area (Å²) in [6.45, 7) is 1.81. The molecule has 0 fully saturated rings. The molecule has 0 aliphatic carbocycles. The second-order valence-corrected chi connectivity index (χ2v) is 8.52. The van der Waals surface area contributed by atoms with Gasteiger partial charge in [0.2, 0.25) is 17.8 Å². The predicted molar refractivity (Wildman–Crippen MR) is 125 cm³/mol. The van der Waals surface area contributed by atoms with Crippen LogP contribution in [0.5, 0.6) is 0 Å². The number of fused-ring (bicyclic) bond motifs is 1. The number of carbonyl (C=O) groups excluding carboxylic acids is 2. The van der Waals surface area contributed by atoms with E-state index in [1.54, 1.807) is 36.4 Å². The number of rotatable bonds is 4. The predicted octanol–water partition coefficient (Wildman–Crippen LogP) is 4.85. The molecule has 1 atom stereocenters. The third kappa shape index (κ3) is 4.72. The van der Waals surface area contributed by atoms with E-state index in [1.807, 2.05) is 6.92 Å². The highest BCUT2D eigenvalue weighted by molar-refractivity contribution is 6.35. The van der Waals surface area contributed by atoms with Crippen molar-refractivity contribution in [3.05, 3.63) is 72.9 Å². The molecular weight excluding hydrogens is 477 g/mol. The van der Waals surface area contributed by atoms with Crippen molar-refractivity contribution >= 4 is 69.8 Å². The third-order valence-electron chi connectivity index (χ3n) is 4.85. The van der Waals surface area contributed by atoms with Crippen LogP contribution >= 0.6 is 34.8 Å². The average Bonchev–Trinajstić information content (AvgIpc) is 2.69. The van der Waals surface area contributed by atoms with Gasteiger partial charge in [0.15, 0.2) is 0 Å². The zero-order valence-electron chi connectivity index (χ0n) is 16.6. The van der Waals surface area contributed by atoms with E-state index in [9.17, 15) is 14.4 Å². The number of hydrogen-bond acceptors (Lipinski definition) is 5. The lowest BCUT2D eigenvalue weighted by molar-refractivity contribution is -0.123. The van der Waals surface area contributed by atoms with Crippen molar-refractivity contribution < 1.29 is 9.59 Å². The first-order valence-corrected chi connectivity index (χ1v) is 10.6. The quantitative estimate of drug-likeness (QED) is 0.416. The molecule has 4 rings (SSSR count). The Morgan fingerprint density at radius 2 is 1.78 bits per heavy atom. The molecule has 4 N–H and O–H groups in total. The number of aryl methyl sites for hydroxylation is 1. The van der Waals surface area contributed by atoms with Gasteiger partial charge in [0.25, 0.3) is 5.56 Å². The van der Waals surface area contributed by atoms with E-state index < -0.39 is 23.3 Å². The molecule has 0 spiro atoms. The van der Waals surface area contributed by atoms with Crippen molar-refractivity contribution in [2.45, 2.75) is 19.3 Å². The van der Waals surface area contributed by atoms with Crippen LogP contribution in [0.15, 0.2) is 41.2 Å².